The van der Waals surface area contributed by atoms with Gasteiger partial charge in [0.1, 0.15) is 5.56 Å². The summed E-state index contributed by atoms with van der Waals surface area (Å²) in [5, 5.41) is 0. The van der Waals surface area contributed by atoms with Crippen LogP contribution in [0.3, 0.4) is 0 Å². The summed E-state index contributed by atoms with van der Waals surface area (Å²) in [7, 11) is 0. The monoisotopic (exact) mass is 456 g/mol. The van der Waals surface area contributed by atoms with Gasteiger partial charge in [-0.15, -0.1) is 0 Å². The standard InChI is InChI=1S/C19H24N2O3.C7H14.C2H6/c1-6-24-19(23)17-11-20(16-9-7-14(4)8-10-16)12-18(17)21(13(2)3)15(5)22;1-7-5-3-2-4-6-7;1-2/h7-13H,6H2,1-5H3;7H,2-6H2,1H3;1-2H3. The first-order valence-corrected chi connectivity index (χ1v) is 12.5. The van der Waals surface area contributed by atoms with E-state index in [-0.39, 0.29) is 18.6 Å². The predicted octanol–water partition coefficient (Wildman–Crippen LogP) is 7.34. The number of amides is 1. The Morgan fingerprint density at radius 1 is 1.06 bits per heavy atom. The van der Waals surface area contributed by atoms with E-state index >= 15 is 0 Å². The van der Waals surface area contributed by atoms with Crippen LogP contribution in [0.15, 0.2) is 36.7 Å². The largest absolute Gasteiger partial charge is 0.462 e. The van der Waals surface area contributed by atoms with Gasteiger partial charge in [0.2, 0.25) is 5.91 Å². The van der Waals surface area contributed by atoms with Crippen molar-refractivity contribution in [2.75, 3.05) is 11.5 Å². The van der Waals surface area contributed by atoms with Crippen molar-refractivity contribution in [3.63, 3.8) is 0 Å². The van der Waals surface area contributed by atoms with E-state index in [1.807, 2.05) is 63.5 Å². The molecule has 1 aliphatic carbocycles. The third-order valence-electron chi connectivity index (χ3n) is 5.64. The molecule has 1 fully saturated rings. The lowest BCUT2D eigenvalue weighted by molar-refractivity contribution is -0.116. The van der Waals surface area contributed by atoms with Gasteiger partial charge in [0.25, 0.3) is 0 Å². The zero-order chi connectivity index (χ0) is 25.0. The molecular formula is C28H44N2O3. The molecule has 3 rings (SSSR count). The second-order valence-electron chi connectivity index (χ2n) is 8.75. The molecule has 0 saturated heterocycles. The van der Waals surface area contributed by atoms with Crippen molar-refractivity contribution >= 4 is 17.6 Å². The average Bonchev–Trinajstić information content (AvgIpc) is 3.21. The molecule has 5 heteroatoms. The number of esters is 1. The van der Waals surface area contributed by atoms with Crippen LogP contribution in [-0.2, 0) is 9.53 Å². The molecule has 1 aromatic carbocycles. The van der Waals surface area contributed by atoms with E-state index in [1.54, 1.807) is 24.2 Å². The van der Waals surface area contributed by atoms with Crippen molar-refractivity contribution in [3.8, 4) is 5.69 Å². The van der Waals surface area contributed by atoms with E-state index in [2.05, 4.69) is 6.92 Å². The van der Waals surface area contributed by atoms with E-state index in [0.717, 1.165) is 17.2 Å². The lowest BCUT2D eigenvalue weighted by Gasteiger charge is -2.25. The number of rotatable bonds is 5. The average molecular weight is 457 g/mol. The van der Waals surface area contributed by atoms with Crippen LogP contribution in [0.4, 0.5) is 5.69 Å². The fraction of sp³-hybridized carbons (Fsp3) is 0.571. The van der Waals surface area contributed by atoms with Gasteiger partial charge >= 0.3 is 5.97 Å². The number of anilines is 1. The third-order valence-corrected chi connectivity index (χ3v) is 5.64. The summed E-state index contributed by atoms with van der Waals surface area (Å²) in [5.74, 6) is 0.496. The van der Waals surface area contributed by atoms with Crippen LogP contribution in [0.1, 0.15) is 96.5 Å². The molecule has 0 aliphatic heterocycles. The summed E-state index contributed by atoms with van der Waals surface area (Å²) < 4.78 is 7.00. The number of nitrogens with zero attached hydrogens (tertiary/aromatic N) is 2. The molecule has 0 atom stereocenters. The molecule has 0 spiro atoms. The highest BCUT2D eigenvalue weighted by molar-refractivity contribution is 6.02. The van der Waals surface area contributed by atoms with Crippen LogP contribution in [0.5, 0.6) is 0 Å². The molecule has 0 unspecified atom stereocenters. The molecule has 184 valence electrons. The van der Waals surface area contributed by atoms with Crippen molar-refractivity contribution in [3.05, 3.63) is 47.8 Å². The third kappa shape index (κ3) is 8.71. The van der Waals surface area contributed by atoms with Crippen LogP contribution < -0.4 is 4.90 Å². The Morgan fingerprint density at radius 3 is 2.06 bits per heavy atom. The molecule has 2 aromatic rings. The number of aromatic nitrogens is 1. The van der Waals surface area contributed by atoms with Crippen molar-refractivity contribution in [2.45, 2.75) is 93.5 Å². The Bertz CT molecular complexity index is 847. The second-order valence-corrected chi connectivity index (χ2v) is 8.75. The van der Waals surface area contributed by atoms with Gasteiger partial charge in [-0.05, 0) is 45.7 Å². The summed E-state index contributed by atoms with van der Waals surface area (Å²) in [6.45, 7) is 15.8. The van der Waals surface area contributed by atoms with Crippen molar-refractivity contribution in [1.82, 2.24) is 4.57 Å². The lowest BCUT2D eigenvalue weighted by atomic mass is 9.91. The fourth-order valence-electron chi connectivity index (χ4n) is 3.99. The molecule has 1 aromatic heterocycles. The van der Waals surface area contributed by atoms with Gasteiger partial charge in [-0.1, -0.05) is 70.6 Å². The minimum absolute atomic E-state index is 0.0652. The number of hydrogen-bond donors (Lipinski definition) is 0. The van der Waals surface area contributed by atoms with E-state index in [4.69, 9.17) is 4.74 Å². The molecule has 0 N–H and O–H groups in total. The Balaban J connectivity index is 0.000000508. The second kappa shape index (κ2) is 14.6. The van der Waals surface area contributed by atoms with Crippen molar-refractivity contribution in [2.24, 2.45) is 5.92 Å². The van der Waals surface area contributed by atoms with Crippen molar-refractivity contribution < 1.29 is 14.3 Å². The molecular weight excluding hydrogens is 412 g/mol. The molecule has 1 amide bonds. The maximum absolute atomic E-state index is 12.3. The zero-order valence-corrected chi connectivity index (χ0v) is 22.0. The fourth-order valence-corrected chi connectivity index (χ4v) is 3.99. The van der Waals surface area contributed by atoms with E-state index < -0.39 is 5.97 Å². The Hall–Kier alpha value is -2.56. The minimum Gasteiger partial charge on any atom is -0.462 e. The molecule has 0 bridgehead atoms. The highest BCUT2D eigenvalue weighted by Crippen LogP contribution is 2.27. The van der Waals surface area contributed by atoms with Crippen LogP contribution in [0, 0.1) is 12.8 Å². The molecule has 1 aliphatic rings. The van der Waals surface area contributed by atoms with Gasteiger partial charge in [-0.2, -0.15) is 0 Å². The maximum atomic E-state index is 12.3. The van der Waals surface area contributed by atoms with Crippen molar-refractivity contribution in [1.29, 1.82) is 0 Å². The van der Waals surface area contributed by atoms with Crippen LogP contribution >= 0.6 is 0 Å². The van der Waals surface area contributed by atoms with E-state index in [1.165, 1.54) is 39.0 Å². The topological polar surface area (TPSA) is 51.5 Å². The van der Waals surface area contributed by atoms with Gasteiger partial charge in [-0.25, -0.2) is 4.79 Å². The van der Waals surface area contributed by atoms with Gasteiger partial charge in [0.05, 0.1) is 12.3 Å². The molecule has 0 radical (unpaired) electrons. The van der Waals surface area contributed by atoms with Crippen LogP contribution in [-0.4, -0.2) is 29.1 Å². The molecule has 1 saturated carbocycles. The summed E-state index contributed by atoms with van der Waals surface area (Å²) >= 11 is 0. The molecule has 1 heterocycles. The molecule has 5 nitrogen and oxygen atoms in total. The summed E-state index contributed by atoms with van der Waals surface area (Å²) in [5.41, 5.74) is 3.03. The SMILES string of the molecule is CC.CC1CCCCC1.CCOC(=O)c1cn(-c2ccc(C)cc2)cc1N(C(C)=O)C(C)C. The summed E-state index contributed by atoms with van der Waals surface area (Å²) in [6.07, 6.45) is 11.0. The predicted molar refractivity (Wildman–Crippen MR) is 138 cm³/mol. The number of carbonyl (C=O) groups excluding carboxylic acids is 2. The number of ether oxygens (including phenoxy) is 1. The molecule has 33 heavy (non-hydrogen) atoms. The van der Waals surface area contributed by atoms with E-state index in [0.29, 0.717) is 11.3 Å². The van der Waals surface area contributed by atoms with Crippen LogP contribution in [0.2, 0.25) is 0 Å². The van der Waals surface area contributed by atoms with E-state index in [9.17, 15) is 9.59 Å². The normalized spacial score (nSPS) is 13.4. The Morgan fingerprint density at radius 2 is 1.64 bits per heavy atom. The number of hydrogen-bond acceptors (Lipinski definition) is 3. The summed E-state index contributed by atoms with van der Waals surface area (Å²) in [4.78, 5) is 26.0. The van der Waals surface area contributed by atoms with Crippen LogP contribution in [0.25, 0.3) is 5.69 Å². The van der Waals surface area contributed by atoms with Gasteiger partial charge in [-0.3, -0.25) is 4.79 Å². The quantitative estimate of drug-likeness (QED) is 0.442. The van der Waals surface area contributed by atoms with Gasteiger partial charge < -0.3 is 14.2 Å². The van der Waals surface area contributed by atoms with Gasteiger partial charge in [0, 0.05) is 31.0 Å². The first kappa shape index (κ1) is 28.5. The Kier molecular flexibility index (Phi) is 12.6. The minimum atomic E-state index is -0.426. The first-order chi connectivity index (χ1) is 15.7. The van der Waals surface area contributed by atoms with Gasteiger partial charge in [0.15, 0.2) is 0 Å². The maximum Gasteiger partial charge on any atom is 0.341 e. The summed E-state index contributed by atoms with van der Waals surface area (Å²) in [6, 6.07) is 7.89. The lowest BCUT2D eigenvalue weighted by Crippen LogP contribution is -2.35. The smallest absolute Gasteiger partial charge is 0.341 e. The number of aryl methyl sites for hydroxylation is 1. The zero-order valence-electron chi connectivity index (χ0n) is 22.0. The highest BCUT2D eigenvalue weighted by Gasteiger charge is 2.25. The Labute approximate surface area is 201 Å². The highest BCUT2D eigenvalue weighted by atomic mass is 16.5. The number of benzene rings is 1. The first-order valence-electron chi connectivity index (χ1n) is 12.5. The number of carbonyl (C=O) groups is 2.